The number of nitrogens with one attached hydrogen (secondary N) is 1. The van der Waals surface area contributed by atoms with Gasteiger partial charge in [-0.15, -0.1) is 0 Å². The van der Waals surface area contributed by atoms with Crippen molar-refractivity contribution < 1.29 is 9.59 Å². The first-order chi connectivity index (χ1) is 12.6. The summed E-state index contributed by atoms with van der Waals surface area (Å²) < 4.78 is 0. The molecule has 4 heteroatoms. The van der Waals surface area contributed by atoms with Crippen LogP contribution >= 0.6 is 11.6 Å². The number of ketones is 2. The third-order valence-electron chi connectivity index (χ3n) is 4.69. The Balaban J connectivity index is 1.80. The van der Waals surface area contributed by atoms with E-state index in [0.717, 1.165) is 5.56 Å². The van der Waals surface area contributed by atoms with Crippen molar-refractivity contribution in [3.63, 3.8) is 0 Å². The Morgan fingerprint density at radius 1 is 0.769 bits per heavy atom. The molecule has 1 unspecified atom stereocenters. The first kappa shape index (κ1) is 16.6. The number of benzene rings is 3. The first-order valence-electron chi connectivity index (χ1n) is 8.40. The predicted molar refractivity (Wildman–Crippen MR) is 103 cm³/mol. The summed E-state index contributed by atoms with van der Waals surface area (Å²) in [7, 11) is 0. The number of fused-ring (bicyclic) bond motifs is 2. The van der Waals surface area contributed by atoms with Gasteiger partial charge in [0.05, 0.1) is 16.1 Å². The van der Waals surface area contributed by atoms with E-state index in [0.29, 0.717) is 27.4 Å². The highest BCUT2D eigenvalue weighted by molar-refractivity contribution is 6.39. The lowest BCUT2D eigenvalue weighted by Crippen LogP contribution is -2.23. The number of anilines is 1. The van der Waals surface area contributed by atoms with Gasteiger partial charge in [-0.1, -0.05) is 66.2 Å². The third-order valence-corrected chi connectivity index (χ3v) is 5.01. The van der Waals surface area contributed by atoms with Crippen LogP contribution in [0, 0.1) is 0 Å². The van der Waals surface area contributed by atoms with Gasteiger partial charge in [0.2, 0.25) is 0 Å². The molecule has 4 rings (SSSR count). The summed E-state index contributed by atoms with van der Waals surface area (Å²) in [6.45, 7) is 2.02. The Labute approximate surface area is 156 Å². The lowest BCUT2D eigenvalue weighted by molar-refractivity contribution is 0.0979. The molecule has 1 N–H and O–H groups in total. The minimum Gasteiger partial charge on any atom is -0.378 e. The molecule has 0 aliphatic heterocycles. The largest absolute Gasteiger partial charge is 0.378 e. The molecule has 0 bridgehead atoms. The van der Waals surface area contributed by atoms with Crippen LogP contribution in [0.3, 0.4) is 0 Å². The number of hydrogen-bond acceptors (Lipinski definition) is 3. The second-order valence-electron chi connectivity index (χ2n) is 6.33. The fourth-order valence-electron chi connectivity index (χ4n) is 3.38. The fourth-order valence-corrected chi connectivity index (χ4v) is 3.64. The number of carbonyl (C=O) groups excluding carboxylic acids is 2. The van der Waals surface area contributed by atoms with Crippen molar-refractivity contribution in [1.29, 1.82) is 0 Å². The first-order valence-corrected chi connectivity index (χ1v) is 8.78. The second kappa shape index (κ2) is 6.43. The van der Waals surface area contributed by atoms with Gasteiger partial charge >= 0.3 is 0 Å². The second-order valence-corrected chi connectivity index (χ2v) is 6.73. The number of hydrogen-bond donors (Lipinski definition) is 1. The van der Waals surface area contributed by atoms with Gasteiger partial charge in [0.1, 0.15) is 0 Å². The Bertz CT molecular complexity index is 1030. The smallest absolute Gasteiger partial charge is 0.198 e. The maximum atomic E-state index is 13.1. The molecule has 0 saturated heterocycles. The number of rotatable bonds is 3. The average molecular weight is 362 g/mol. The molecule has 0 fully saturated rings. The molecular weight excluding hydrogens is 346 g/mol. The SMILES string of the molecule is CC(Nc1cccc2c1C(=O)c1c(Cl)cccc1C2=O)c1ccccc1. The van der Waals surface area contributed by atoms with E-state index < -0.39 is 0 Å². The minimum atomic E-state index is -0.219. The highest BCUT2D eigenvalue weighted by atomic mass is 35.5. The van der Waals surface area contributed by atoms with E-state index in [4.69, 9.17) is 11.6 Å². The summed E-state index contributed by atoms with van der Waals surface area (Å²) in [5.41, 5.74) is 3.19. The molecule has 3 aromatic rings. The Hall–Kier alpha value is -2.91. The van der Waals surface area contributed by atoms with Crippen molar-refractivity contribution in [3.05, 3.63) is 99.6 Å². The summed E-state index contributed by atoms with van der Waals surface area (Å²) in [5, 5.41) is 3.67. The molecule has 3 aromatic carbocycles. The molecule has 0 heterocycles. The lowest BCUT2D eigenvalue weighted by Gasteiger charge is -2.23. The molecule has 1 aliphatic rings. The van der Waals surface area contributed by atoms with Gasteiger partial charge in [-0.3, -0.25) is 9.59 Å². The van der Waals surface area contributed by atoms with Crippen molar-refractivity contribution in [2.24, 2.45) is 0 Å². The lowest BCUT2D eigenvalue weighted by atomic mass is 9.83. The van der Waals surface area contributed by atoms with Crippen LogP contribution in [0.2, 0.25) is 5.02 Å². The maximum Gasteiger partial charge on any atom is 0.198 e. The standard InChI is InChI=1S/C22H16ClNO2/c1-13(14-7-3-2-4-8-14)24-18-12-6-10-16-20(18)22(26)19-15(21(16)25)9-5-11-17(19)23/h2-13,24H,1H3. The summed E-state index contributed by atoms with van der Waals surface area (Å²) in [5.74, 6) is -0.392. The molecule has 0 spiro atoms. The van der Waals surface area contributed by atoms with E-state index in [9.17, 15) is 9.59 Å². The average Bonchev–Trinajstić information content (AvgIpc) is 2.66. The van der Waals surface area contributed by atoms with Gasteiger partial charge < -0.3 is 5.32 Å². The van der Waals surface area contributed by atoms with Crippen LogP contribution in [0.5, 0.6) is 0 Å². The zero-order valence-corrected chi connectivity index (χ0v) is 14.9. The van der Waals surface area contributed by atoms with Crippen molar-refractivity contribution in [3.8, 4) is 0 Å². The van der Waals surface area contributed by atoms with Gasteiger partial charge in [0.25, 0.3) is 0 Å². The monoisotopic (exact) mass is 361 g/mol. The van der Waals surface area contributed by atoms with Crippen LogP contribution in [0.15, 0.2) is 66.7 Å². The van der Waals surface area contributed by atoms with E-state index in [1.54, 1.807) is 30.3 Å². The highest BCUT2D eigenvalue weighted by Crippen LogP contribution is 2.36. The van der Waals surface area contributed by atoms with Gasteiger partial charge in [-0.05, 0) is 24.6 Å². The summed E-state index contributed by atoms with van der Waals surface area (Å²) in [4.78, 5) is 26.0. The van der Waals surface area contributed by atoms with Crippen molar-refractivity contribution in [2.75, 3.05) is 5.32 Å². The van der Waals surface area contributed by atoms with Gasteiger partial charge in [-0.25, -0.2) is 0 Å². The Morgan fingerprint density at radius 2 is 1.42 bits per heavy atom. The van der Waals surface area contributed by atoms with E-state index in [-0.39, 0.29) is 23.2 Å². The maximum absolute atomic E-state index is 13.1. The molecule has 1 atom stereocenters. The summed E-state index contributed by atoms with van der Waals surface area (Å²) in [6.07, 6.45) is 0. The van der Waals surface area contributed by atoms with Crippen LogP contribution in [0.25, 0.3) is 0 Å². The summed E-state index contributed by atoms with van der Waals surface area (Å²) in [6, 6.07) is 20.2. The Morgan fingerprint density at radius 3 is 2.15 bits per heavy atom. The van der Waals surface area contributed by atoms with Crippen LogP contribution in [0.4, 0.5) is 5.69 Å². The van der Waals surface area contributed by atoms with Gasteiger partial charge in [-0.2, -0.15) is 0 Å². The molecule has 0 radical (unpaired) electrons. The molecule has 0 saturated carbocycles. The van der Waals surface area contributed by atoms with E-state index in [1.807, 2.05) is 43.3 Å². The van der Waals surface area contributed by atoms with Crippen molar-refractivity contribution >= 4 is 28.9 Å². The predicted octanol–water partition coefficient (Wildman–Crippen LogP) is 5.29. The molecule has 0 aromatic heterocycles. The number of halogens is 1. The van der Waals surface area contributed by atoms with Crippen LogP contribution in [-0.2, 0) is 0 Å². The highest BCUT2D eigenvalue weighted by Gasteiger charge is 2.33. The molecule has 128 valence electrons. The minimum absolute atomic E-state index is 0.0155. The van der Waals surface area contributed by atoms with Crippen molar-refractivity contribution in [2.45, 2.75) is 13.0 Å². The zero-order valence-electron chi connectivity index (χ0n) is 14.1. The van der Waals surface area contributed by atoms with Crippen LogP contribution < -0.4 is 5.32 Å². The quantitative estimate of drug-likeness (QED) is 0.539. The fraction of sp³-hybridized carbons (Fsp3) is 0.0909. The van der Waals surface area contributed by atoms with E-state index in [2.05, 4.69) is 5.32 Å². The topological polar surface area (TPSA) is 46.2 Å². The third kappa shape index (κ3) is 2.61. The number of carbonyl (C=O) groups is 2. The molecular formula is C22H16ClNO2. The van der Waals surface area contributed by atoms with Gasteiger partial charge in [0, 0.05) is 22.9 Å². The van der Waals surface area contributed by atoms with Gasteiger partial charge in [0.15, 0.2) is 11.6 Å². The molecule has 0 amide bonds. The van der Waals surface area contributed by atoms with Crippen LogP contribution in [0.1, 0.15) is 50.4 Å². The summed E-state index contributed by atoms with van der Waals surface area (Å²) >= 11 is 6.23. The normalized spacial score (nSPS) is 13.8. The molecule has 1 aliphatic carbocycles. The van der Waals surface area contributed by atoms with E-state index in [1.165, 1.54) is 0 Å². The van der Waals surface area contributed by atoms with E-state index >= 15 is 0 Å². The van der Waals surface area contributed by atoms with Crippen LogP contribution in [-0.4, -0.2) is 11.6 Å². The molecule has 26 heavy (non-hydrogen) atoms. The van der Waals surface area contributed by atoms with Crippen molar-refractivity contribution in [1.82, 2.24) is 0 Å². The Kier molecular flexibility index (Phi) is 4.09. The molecule has 3 nitrogen and oxygen atoms in total. The zero-order chi connectivity index (χ0) is 18.3.